The van der Waals surface area contributed by atoms with Crippen molar-refractivity contribution in [1.29, 1.82) is 0 Å². The van der Waals surface area contributed by atoms with E-state index in [2.05, 4.69) is 60.1 Å². The standard InChI is InChI=1S/C22H31BrO2/c1-3-5-7-9-16-24-21-13-11-12-19-18(21)14-15-20(23)22(19)25-17-10-8-6-4-2/h11-15H,3-10,16-17H2,1-2H3. The first-order chi connectivity index (χ1) is 12.3. The van der Waals surface area contributed by atoms with Gasteiger partial charge in [-0.15, -0.1) is 0 Å². The van der Waals surface area contributed by atoms with E-state index < -0.39 is 0 Å². The first-order valence-electron chi connectivity index (χ1n) is 9.74. The second kappa shape index (κ2) is 11.4. The fraction of sp³-hybridized carbons (Fsp3) is 0.545. The van der Waals surface area contributed by atoms with E-state index in [1.807, 2.05) is 0 Å². The van der Waals surface area contributed by atoms with Crippen LogP contribution in [0.2, 0.25) is 0 Å². The molecule has 0 aromatic heterocycles. The molecule has 0 saturated carbocycles. The van der Waals surface area contributed by atoms with Crippen LogP contribution in [0.25, 0.3) is 10.8 Å². The molecular weight excluding hydrogens is 376 g/mol. The van der Waals surface area contributed by atoms with Crippen LogP contribution in [-0.2, 0) is 0 Å². The van der Waals surface area contributed by atoms with Crippen molar-refractivity contribution in [3.63, 3.8) is 0 Å². The summed E-state index contributed by atoms with van der Waals surface area (Å²) in [7, 11) is 0. The lowest BCUT2D eigenvalue weighted by Gasteiger charge is -2.14. The maximum absolute atomic E-state index is 6.11. The van der Waals surface area contributed by atoms with Gasteiger partial charge in [-0.1, -0.05) is 64.5 Å². The molecule has 138 valence electrons. The van der Waals surface area contributed by atoms with Gasteiger partial charge in [0.05, 0.1) is 17.7 Å². The number of ether oxygens (including phenoxy) is 2. The quantitative estimate of drug-likeness (QED) is 0.339. The Morgan fingerprint density at radius 3 is 2.08 bits per heavy atom. The smallest absolute Gasteiger partial charge is 0.141 e. The third-order valence-corrected chi connectivity index (χ3v) is 5.05. The third kappa shape index (κ3) is 6.22. The predicted molar refractivity (Wildman–Crippen MR) is 111 cm³/mol. The maximum atomic E-state index is 6.11. The normalized spacial score (nSPS) is 11.0. The van der Waals surface area contributed by atoms with Gasteiger partial charge in [0.15, 0.2) is 0 Å². The van der Waals surface area contributed by atoms with Gasteiger partial charge in [-0.05, 0) is 47.0 Å². The van der Waals surface area contributed by atoms with Crippen LogP contribution in [-0.4, -0.2) is 13.2 Å². The van der Waals surface area contributed by atoms with Crippen LogP contribution in [0, 0.1) is 0 Å². The maximum Gasteiger partial charge on any atom is 0.141 e. The molecule has 0 spiro atoms. The number of hydrogen-bond acceptors (Lipinski definition) is 2. The van der Waals surface area contributed by atoms with Gasteiger partial charge in [-0.3, -0.25) is 0 Å². The number of halogens is 1. The largest absolute Gasteiger partial charge is 0.493 e. The Balaban J connectivity index is 2.06. The van der Waals surface area contributed by atoms with Crippen LogP contribution < -0.4 is 9.47 Å². The fourth-order valence-electron chi connectivity index (χ4n) is 2.96. The molecule has 0 fully saturated rings. The number of hydrogen-bond donors (Lipinski definition) is 0. The van der Waals surface area contributed by atoms with E-state index in [1.165, 1.54) is 38.5 Å². The van der Waals surface area contributed by atoms with E-state index in [4.69, 9.17) is 9.47 Å². The van der Waals surface area contributed by atoms with Gasteiger partial charge in [0, 0.05) is 10.8 Å². The van der Waals surface area contributed by atoms with Crippen molar-refractivity contribution < 1.29 is 9.47 Å². The zero-order chi connectivity index (χ0) is 17.9. The first-order valence-corrected chi connectivity index (χ1v) is 10.5. The van der Waals surface area contributed by atoms with Crippen LogP contribution in [0.3, 0.4) is 0 Å². The summed E-state index contributed by atoms with van der Waals surface area (Å²) in [6.45, 7) is 6.00. The molecule has 0 bridgehead atoms. The Labute approximate surface area is 161 Å². The molecule has 0 saturated heterocycles. The molecule has 0 amide bonds. The summed E-state index contributed by atoms with van der Waals surface area (Å²) in [5, 5.41) is 2.25. The highest BCUT2D eigenvalue weighted by Gasteiger charge is 2.11. The highest BCUT2D eigenvalue weighted by Crippen LogP contribution is 2.38. The van der Waals surface area contributed by atoms with E-state index in [0.717, 1.165) is 52.8 Å². The molecule has 0 aliphatic carbocycles. The summed E-state index contributed by atoms with van der Waals surface area (Å²) in [6, 6.07) is 10.4. The SMILES string of the molecule is CCCCCCOc1cccc2c(OCCCCCC)c(Br)ccc12. The van der Waals surface area contributed by atoms with Crippen LogP contribution >= 0.6 is 15.9 Å². The van der Waals surface area contributed by atoms with Gasteiger partial charge in [0.25, 0.3) is 0 Å². The molecule has 0 unspecified atom stereocenters. The molecule has 2 aromatic rings. The van der Waals surface area contributed by atoms with Gasteiger partial charge in [0.2, 0.25) is 0 Å². The highest BCUT2D eigenvalue weighted by atomic mass is 79.9. The predicted octanol–water partition coefficient (Wildman–Crippen LogP) is 7.52. The van der Waals surface area contributed by atoms with E-state index in [-0.39, 0.29) is 0 Å². The summed E-state index contributed by atoms with van der Waals surface area (Å²) < 4.78 is 13.2. The summed E-state index contributed by atoms with van der Waals surface area (Å²) >= 11 is 3.64. The Kier molecular flexibility index (Phi) is 9.17. The molecule has 3 heteroatoms. The van der Waals surface area contributed by atoms with Crippen LogP contribution in [0.5, 0.6) is 11.5 Å². The average molecular weight is 407 g/mol. The summed E-state index contributed by atoms with van der Waals surface area (Å²) in [5.41, 5.74) is 0. The van der Waals surface area contributed by atoms with Crippen molar-refractivity contribution in [2.75, 3.05) is 13.2 Å². The minimum atomic E-state index is 0.764. The summed E-state index contributed by atoms with van der Waals surface area (Å²) in [5.74, 6) is 1.89. The molecule has 0 radical (unpaired) electrons. The number of fused-ring (bicyclic) bond motifs is 1. The molecule has 0 atom stereocenters. The Bertz CT molecular complexity index is 639. The lowest BCUT2D eigenvalue weighted by Crippen LogP contribution is -2.00. The van der Waals surface area contributed by atoms with E-state index in [1.54, 1.807) is 0 Å². The molecule has 25 heavy (non-hydrogen) atoms. The molecule has 2 nitrogen and oxygen atoms in total. The van der Waals surface area contributed by atoms with E-state index >= 15 is 0 Å². The van der Waals surface area contributed by atoms with Crippen LogP contribution in [0.1, 0.15) is 65.2 Å². The van der Waals surface area contributed by atoms with Crippen molar-refractivity contribution in [3.8, 4) is 11.5 Å². The van der Waals surface area contributed by atoms with Gasteiger partial charge < -0.3 is 9.47 Å². The van der Waals surface area contributed by atoms with Gasteiger partial charge >= 0.3 is 0 Å². The minimum absolute atomic E-state index is 0.764. The summed E-state index contributed by atoms with van der Waals surface area (Å²) in [4.78, 5) is 0. The zero-order valence-electron chi connectivity index (χ0n) is 15.7. The Morgan fingerprint density at radius 2 is 1.40 bits per heavy atom. The van der Waals surface area contributed by atoms with Crippen molar-refractivity contribution >= 4 is 26.7 Å². The van der Waals surface area contributed by atoms with Gasteiger partial charge in [-0.25, -0.2) is 0 Å². The Morgan fingerprint density at radius 1 is 0.720 bits per heavy atom. The highest BCUT2D eigenvalue weighted by molar-refractivity contribution is 9.10. The summed E-state index contributed by atoms with van der Waals surface area (Å²) in [6.07, 6.45) is 9.73. The average Bonchev–Trinajstić information content (AvgIpc) is 2.63. The number of unbranched alkanes of at least 4 members (excludes halogenated alkanes) is 6. The second-order valence-electron chi connectivity index (χ2n) is 6.55. The molecule has 0 heterocycles. The van der Waals surface area contributed by atoms with Crippen LogP contribution in [0.4, 0.5) is 0 Å². The number of benzene rings is 2. The fourth-order valence-corrected chi connectivity index (χ4v) is 3.42. The molecular formula is C22H31BrO2. The second-order valence-corrected chi connectivity index (χ2v) is 7.40. The topological polar surface area (TPSA) is 18.5 Å². The molecule has 2 rings (SSSR count). The first kappa shape index (κ1) is 20.1. The molecule has 0 N–H and O–H groups in total. The zero-order valence-corrected chi connectivity index (χ0v) is 17.2. The lowest BCUT2D eigenvalue weighted by molar-refractivity contribution is 0.304. The van der Waals surface area contributed by atoms with Gasteiger partial charge in [0.1, 0.15) is 11.5 Å². The molecule has 0 aliphatic rings. The monoisotopic (exact) mass is 406 g/mol. The van der Waals surface area contributed by atoms with Gasteiger partial charge in [-0.2, -0.15) is 0 Å². The molecule has 2 aromatic carbocycles. The minimum Gasteiger partial charge on any atom is -0.493 e. The van der Waals surface area contributed by atoms with Crippen LogP contribution in [0.15, 0.2) is 34.8 Å². The van der Waals surface area contributed by atoms with Crippen molar-refractivity contribution in [3.05, 3.63) is 34.8 Å². The lowest BCUT2D eigenvalue weighted by atomic mass is 10.1. The third-order valence-electron chi connectivity index (χ3n) is 4.42. The molecule has 0 aliphatic heterocycles. The number of rotatable bonds is 12. The van der Waals surface area contributed by atoms with Crippen molar-refractivity contribution in [2.45, 2.75) is 65.2 Å². The van der Waals surface area contributed by atoms with Crippen molar-refractivity contribution in [1.82, 2.24) is 0 Å². The van der Waals surface area contributed by atoms with E-state index in [0.29, 0.717) is 0 Å². The Hall–Kier alpha value is -1.22. The van der Waals surface area contributed by atoms with Crippen molar-refractivity contribution in [2.24, 2.45) is 0 Å². The van der Waals surface area contributed by atoms with E-state index in [9.17, 15) is 0 Å².